The molecule has 4 heteroatoms. The maximum atomic E-state index is 5.57. The molecule has 0 aromatic rings. The smallest absolute Gasteiger partial charge is 0.158 e. The first-order chi connectivity index (χ1) is 8.67. The molecule has 108 valence electrons. The van der Waals surface area contributed by atoms with Crippen LogP contribution in [-0.4, -0.2) is 68.1 Å². The van der Waals surface area contributed by atoms with E-state index in [0.29, 0.717) is 6.04 Å². The van der Waals surface area contributed by atoms with Crippen molar-refractivity contribution in [2.75, 3.05) is 45.9 Å². The van der Waals surface area contributed by atoms with Crippen molar-refractivity contribution in [2.24, 2.45) is 0 Å². The SMILES string of the molecule is CCOC(CCN1CCN(C(C)C)CC1)OCC. The average Bonchev–Trinajstić information content (AvgIpc) is 2.37. The summed E-state index contributed by atoms with van der Waals surface area (Å²) in [4.78, 5) is 5.06. The molecule has 1 fully saturated rings. The Balaban J connectivity index is 2.19. The Morgan fingerprint density at radius 2 is 1.50 bits per heavy atom. The lowest BCUT2D eigenvalue weighted by Gasteiger charge is -2.37. The van der Waals surface area contributed by atoms with E-state index < -0.39 is 0 Å². The van der Waals surface area contributed by atoms with Crippen molar-refractivity contribution in [2.45, 2.75) is 46.4 Å². The molecule has 1 rings (SSSR count). The fourth-order valence-electron chi connectivity index (χ4n) is 2.38. The molecule has 0 amide bonds. The summed E-state index contributed by atoms with van der Waals surface area (Å²) in [7, 11) is 0. The van der Waals surface area contributed by atoms with Gasteiger partial charge in [-0.05, 0) is 27.7 Å². The van der Waals surface area contributed by atoms with Gasteiger partial charge in [0.2, 0.25) is 0 Å². The Kier molecular flexibility index (Phi) is 7.82. The normalized spacial score (nSPS) is 19.0. The van der Waals surface area contributed by atoms with Gasteiger partial charge in [0.05, 0.1) is 0 Å². The van der Waals surface area contributed by atoms with Crippen LogP contribution in [0.3, 0.4) is 0 Å². The average molecular weight is 258 g/mol. The van der Waals surface area contributed by atoms with Crippen LogP contribution in [0.2, 0.25) is 0 Å². The standard InChI is InChI=1S/C14H30N2O2/c1-5-17-14(18-6-2)7-8-15-9-11-16(12-10-15)13(3)4/h13-14H,5-12H2,1-4H3. The highest BCUT2D eigenvalue weighted by molar-refractivity contribution is 4.74. The van der Waals surface area contributed by atoms with E-state index in [0.717, 1.165) is 26.2 Å². The lowest BCUT2D eigenvalue weighted by atomic mass is 10.2. The molecule has 1 saturated heterocycles. The van der Waals surface area contributed by atoms with Gasteiger partial charge in [0.25, 0.3) is 0 Å². The number of rotatable bonds is 8. The summed E-state index contributed by atoms with van der Waals surface area (Å²) in [5.74, 6) is 0. The molecule has 0 aliphatic carbocycles. The van der Waals surface area contributed by atoms with E-state index in [2.05, 4.69) is 23.6 Å². The third-order valence-electron chi connectivity index (χ3n) is 3.52. The molecule has 0 unspecified atom stereocenters. The van der Waals surface area contributed by atoms with Gasteiger partial charge in [-0.25, -0.2) is 0 Å². The van der Waals surface area contributed by atoms with Crippen LogP contribution in [0, 0.1) is 0 Å². The molecule has 0 aromatic carbocycles. The first kappa shape index (κ1) is 15.9. The van der Waals surface area contributed by atoms with Gasteiger partial charge in [-0.15, -0.1) is 0 Å². The van der Waals surface area contributed by atoms with Crippen LogP contribution < -0.4 is 0 Å². The molecule has 4 nitrogen and oxygen atoms in total. The quantitative estimate of drug-likeness (QED) is 0.620. The summed E-state index contributed by atoms with van der Waals surface area (Å²) in [5.41, 5.74) is 0. The van der Waals surface area contributed by atoms with Crippen molar-refractivity contribution in [3.63, 3.8) is 0 Å². The lowest BCUT2D eigenvalue weighted by Crippen LogP contribution is -2.49. The zero-order chi connectivity index (χ0) is 13.4. The zero-order valence-electron chi connectivity index (χ0n) is 12.5. The Hall–Kier alpha value is -0.160. The highest BCUT2D eigenvalue weighted by Crippen LogP contribution is 2.08. The molecule has 0 N–H and O–H groups in total. The van der Waals surface area contributed by atoms with Gasteiger partial charge < -0.3 is 14.4 Å². The highest BCUT2D eigenvalue weighted by Gasteiger charge is 2.19. The van der Waals surface area contributed by atoms with Crippen molar-refractivity contribution in [3.05, 3.63) is 0 Å². The molecular weight excluding hydrogens is 228 g/mol. The fourth-order valence-corrected chi connectivity index (χ4v) is 2.38. The van der Waals surface area contributed by atoms with Crippen LogP contribution in [0.4, 0.5) is 0 Å². The van der Waals surface area contributed by atoms with Gasteiger partial charge in [-0.3, -0.25) is 4.90 Å². The van der Waals surface area contributed by atoms with Crippen LogP contribution in [0.1, 0.15) is 34.1 Å². The minimum Gasteiger partial charge on any atom is -0.353 e. The van der Waals surface area contributed by atoms with Crippen molar-refractivity contribution >= 4 is 0 Å². The summed E-state index contributed by atoms with van der Waals surface area (Å²) in [6.45, 7) is 15.8. The highest BCUT2D eigenvalue weighted by atomic mass is 16.7. The first-order valence-electron chi connectivity index (χ1n) is 7.37. The molecule has 18 heavy (non-hydrogen) atoms. The molecule has 0 spiro atoms. The topological polar surface area (TPSA) is 24.9 Å². The molecule has 0 saturated carbocycles. The minimum atomic E-state index is -0.0249. The molecule has 0 radical (unpaired) electrons. The Morgan fingerprint density at radius 1 is 0.944 bits per heavy atom. The molecule has 1 heterocycles. The zero-order valence-corrected chi connectivity index (χ0v) is 12.5. The number of hydrogen-bond donors (Lipinski definition) is 0. The summed E-state index contributed by atoms with van der Waals surface area (Å²) in [6.07, 6.45) is 0.951. The van der Waals surface area contributed by atoms with E-state index >= 15 is 0 Å². The van der Waals surface area contributed by atoms with Gasteiger partial charge >= 0.3 is 0 Å². The Bertz CT molecular complexity index is 198. The van der Waals surface area contributed by atoms with E-state index in [-0.39, 0.29) is 6.29 Å². The molecule has 0 atom stereocenters. The number of hydrogen-bond acceptors (Lipinski definition) is 4. The maximum Gasteiger partial charge on any atom is 0.158 e. The number of nitrogens with zero attached hydrogens (tertiary/aromatic N) is 2. The van der Waals surface area contributed by atoms with Gasteiger partial charge in [0.15, 0.2) is 6.29 Å². The van der Waals surface area contributed by atoms with Crippen LogP contribution >= 0.6 is 0 Å². The van der Waals surface area contributed by atoms with E-state index in [1.165, 1.54) is 26.2 Å². The number of piperazine rings is 1. The summed E-state index contributed by atoms with van der Waals surface area (Å²) in [6, 6.07) is 0.673. The summed E-state index contributed by atoms with van der Waals surface area (Å²) in [5, 5.41) is 0. The molecule has 1 aliphatic rings. The Morgan fingerprint density at radius 3 is 1.94 bits per heavy atom. The molecule has 1 aliphatic heterocycles. The predicted molar refractivity (Wildman–Crippen MR) is 74.8 cm³/mol. The fraction of sp³-hybridized carbons (Fsp3) is 1.00. The number of ether oxygens (including phenoxy) is 2. The largest absolute Gasteiger partial charge is 0.353 e. The van der Waals surface area contributed by atoms with Gasteiger partial charge in [0, 0.05) is 58.4 Å². The van der Waals surface area contributed by atoms with E-state index in [1.807, 2.05) is 13.8 Å². The first-order valence-corrected chi connectivity index (χ1v) is 7.37. The minimum absolute atomic E-state index is 0.0249. The van der Waals surface area contributed by atoms with E-state index in [4.69, 9.17) is 9.47 Å². The molecule has 0 aromatic heterocycles. The van der Waals surface area contributed by atoms with Crippen molar-refractivity contribution in [1.29, 1.82) is 0 Å². The van der Waals surface area contributed by atoms with E-state index in [9.17, 15) is 0 Å². The van der Waals surface area contributed by atoms with Crippen molar-refractivity contribution in [1.82, 2.24) is 9.80 Å². The van der Waals surface area contributed by atoms with Crippen LogP contribution in [0.15, 0.2) is 0 Å². The van der Waals surface area contributed by atoms with Crippen molar-refractivity contribution in [3.8, 4) is 0 Å². The molecular formula is C14H30N2O2. The predicted octanol–water partition coefficient (Wildman–Crippen LogP) is 1.80. The third kappa shape index (κ3) is 5.65. The Labute approximate surface area is 112 Å². The summed E-state index contributed by atoms with van der Waals surface area (Å²) < 4.78 is 11.1. The maximum absolute atomic E-state index is 5.57. The van der Waals surface area contributed by atoms with Gasteiger partial charge in [-0.1, -0.05) is 0 Å². The second kappa shape index (κ2) is 8.86. The second-order valence-electron chi connectivity index (χ2n) is 5.10. The summed E-state index contributed by atoms with van der Waals surface area (Å²) >= 11 is 0. The van der Waals surface area contributed by atoms with Crippen molar-refractivity contribution < 1.29 is 9.47 Å². The van der Waals surface area contributed by atoms with Crippen LogP contribution in [-0.2, 0) is 9.47 Å². The van der Waals surface area contributed by atoms with E-state index in [1.54, 1.807) is 0 Å². The third-order valence-corrected chi connectivity index (χ3v) is 3.52. The monoisotopic (exact) mass is 258 g/mol. The van der Waals surface area contributed by atoms with Gasteiger partial charge in [0.1, 0.15) is 0 Å². The van der Waals surface area contributed by atoms with Crippen LogP contribution in [0.25, 0.3) is 0 Å². The lowest BCUT2D eigenvalue weighted by molar-refractivity contribution is -0.142. The van der Waals surface area contributed by atoms with Crippen LogP contribution in [0.5, 0.6) is 0 Å². The second-order valence-corrected chi connectivity index (χ2v) is 5.10. The van der Waals surface area contributed by atoms with Gasteiger partial charge in [-0.2, -0.15) is 0 Å². The molecule has 0 bridgehead atoms.